The summed E-state index contributed by atoms with van der Waals surface area (Å²) in [6, 6.07) is 77.9. The van der Waals surface area contributed by atoms with Crippen molar-refractivity contribution in [1.29, 1.82) is 10.5 Å². The first-order valence-corrected chi connectivity index (χ1v) is 23.9. The molecule has 2 heteroatoms. The summed E-state index contributed by atoms with van der Waals surface area (Å²) >= 11 is 0. The van der Waals surface area contributed by atoms with E-state index in [4.69, 9.17) is 0 Å². The second kappa shape index (κ2) is 14.6. The minimum Gasteiger partial charge on any atom is -0.197 e. The third-order valence-electron chi connectivity index (χ3n) is 16.2. The topological polar surface area (TPSA) is 47.6 Å². The highest BCUT2D eigenvalue weighted by Gasteiger charge is 2.61. The molecule has 0 radical (unpaired) electrons. The summed E-state index contributed by atoms with van der Waals surface area (Å²) in [4.78, 5) is 0. The van der Waals surface area contributed by atoms with Crippen molar-refractivity contribution in [2.75, 3.05) is 0 Å². The monoisotopic (exact) mass is 874 g/mol. The average Bonchev–Trinajstić information content (AvgIpc) is 4.00. The average molecular weight is 875 g/mol. The summed E-state index contributed by atoms with van der Waals surface area (Å²) < 4.78 is 0. The predicted octanol–water partition coefficient (Wildman–Crippen LogP) is 12.9. The largest absolute Gasteiger partial charge is 0.197 e. The lowest BCUT2D eigenvalue weighted by Crippen LogP contribution is -2.45. The molecule has 69 heavy (non-hydrogen) atoms. The van der Waals surface area contributed by atoms with Crippen molar-refractivity contribution in [2.45, 2.75) is 28.6 Å². The lowest BCUT2D eigenvalue weighted by Gasteiger charge is -2.52. The molecule has 6 aliphatic rings. The van der Waals surface area contributed by atoms with Crippen molar-refractivity contribution >= 4 is 23.3 Å². The van der Waals surface area contributed by atoms with E-state index in [0.29, 0.717) is 5.56 Å². The van der Waals surface area contributed by atoms with E-state index in [-0.39, 0.29) is 0 Å². The van der Waals surface area contributed by atoms with Gasteiger partial charge < -0.3 is 0 Å². The number of hydrogen-bond acceptors (Lipinski definition) is 2. The number of hydrogen-bond donors (Lipinski definition) is 0. The first-order chi connectivity index (χ1) is 34.1. The van der Waals surface area contributed by atoms with Gasteiger partial charge in [0, 0.05) is 0 Å². The van der Waals surface area contributed by atoms with Crippen LogP contribution < -0.4 is 10.4 Å². The summed E-state index contributed by atoms with van der Waals surface area (Å²) in [6.45, 7) is 0. The Morgan fingerprint density at radius 1 is 0.522 bits per heavy atom. The molecule has 0 saturated carbocycles. The van der Waals surface area contributed by atoms with Gasteiger partial charge in [0.2, 0.25) is 0 Å². The molecule has 6 aliphatic carbocycles. The number of nitriles is 2. The third-order valence-corrected chi connectivity index (χ3v) is 16.2. The normalized spacial score (nSPS) is 18.5. The fraction of sp³-hybridized carbons (Fsp3) is 0.0746. The highest BCUT2D eigenvalue weighted by atomic mass is 14.6. The second-order valence-corrected chi connectivity index (χ2v) is 19.2. The van der Waals surface area contributed by atoms with Gasteiger partial charge in [0.15, 0.2) is 0 Å². The first-order valence-electron chi connectivity index (χ1n) is 23.9. The predicted molar refractivity (Wildman–Crippen MR) is 277 cm³/mol. The summed E-state index contributed by atoms with van der Waals surface area (Å²) in [6.07, 6.45) is 15.0. The number of rotatable bonds is 4. The minimum absolute atomic E-state index is 0.444. The van der Waals surface area contributed by atoms with Crippen molar-refractivity contribution in [2.24, 2.45) is 0 Å². The Bertz CT molecular complexity index is 3800. The smallest absolute Gasteiger partial charge is 0.0991 e. The molecule has 1 unspecified atom stereocenters. The summed E-state index contributed by atoms with van der Waals surface area (Å²) in [5, 5.41) is 24.0. The van der Waals surface area contributed by atoms with Gasteiger partial charge >= 0.3 is 0 Å². The van der Waals surface area contributed by atoms with E-state index in [0.717, 1.165) is 44.7 Å². The van der Waals surface area contributed by atoms with Crippen LogP contribution in [0.4, 0.5) is 0 Å². The molecule has 14 rings (SSSR count). The molecule has 2 nitrogen and oxygen atoms in total. The van der Waals surface area contributed by atoms with Gasteiger partial charge in [-0.05, 0) is 147 Å². The van der Waals surface area contributed by atoms with Crippen molar-refractivity contribution in [3.8, 4) is 23.3 Å². The zero-order chi connectivity index (χ0) is 45.9. The molecule has 0 amide bonds. The molecular weight excluding hydrogens is 833 g/mol. The summed E-state index contributed by atoms with van der Waals surface area (Å²) in [7, 11) is 0. The van der Waals surface area contributed by atoms with E-state index in [1.807, 2.05) is 6.07 Å². The van der Waals surface area contributed by atoms with Crippen LogP contribution in [-0.2, 0) is 22.7 Å². The van der Waals surface area contributed by atoms with Crippen LogP contribution in [-0.4, -0.2) is 0 Å². The van der Waals surface area contributed by atoms with Gasteiger partial charge in [0.25, 0.3) is 0 Å². The van der Waals surface area contributed by atoms with E-state index >= 15 is 0 Å². The maximum atomic E-state index is 11.3. The van der Waals surface area contributed by atoms with E-state index in [9.17, 15) is 10.5 Å². The van der Waals surface area contributed by atoms with Crippen LogP contribution in [0, 0.1) is 22.7 Å². The number of allylic oxidation sites excluding steroid dienone is 9. The van der Waals surface area contributed by atoms with E-state index in [1.165, 1.54) is 72.4 Å². The molecule has 8 aromatic rings. The van der Waals surface area contributed by atoms with Gasteiger partial charge in [-0.3, -0.25) is 0 Å². The van der Waals surface area contributed by atoms with E-state index < -0.39 is 22.2 Å². The van der Waals surface area contributed by atoms with Crippen LogP contribution in [0.15, 0.2) is 247 Å². The quantitative estimate of drug-likeness (QED) is 0.177. The Morgan fingerprint density at radius 3 is 1.70 bits per heavy atom. The van der Waals surface area contributed by atoms with Crippen LogP contribution in [0.3, 0.4) is 0 Å². The first kappa shape index (κ1) is 39.4. The van der Waals surface area contributed by atoms with Gasteiger partial charge in [0.05, 0.1) is 39.9 Å². The molecule has 320 valence electrons. The number of fused-ring (bicyclic) bond motifs is 13. The highest BCUT2D eigenvalue weighted by Crippen LogP contribution is 2.70. The Kier molecular flexibility index (Phi) is 8.32. The number of benzene rings is 8. The molecule has 1 spiro atoms. The van der Waals surface area contributed by atoms with E-state index in [2.05, 4.69) is 243 Å². The zero-order valence-electron chi connectivity index (χ0n) is 37.7. The van der Waals surface area contributed by atoms with Crippen LogP contribution >= 0.6 is 0 Å². The van der Waals surface area contributed by atoms with Gasteiger partial charge in [-0.2, -0.15) is 10.5 Å². The van der Waals surface area contributed by atoms with Crippen LogP contribution in [0.5, 0.6) is 0 Å². The number of nitrogens with zero attached hydrogens (tertiary/aromatic N) is 2. The SMILES string of the molecule is N#Cc1ccc2c(c1)C1=C(C2)C2(C3=CC=c4cc5c(cc4C=C3C1(c1ccccc1)c1ccccc1)=C1C=CC(c3ccccc3)(c3ccccc3)C=C1C5C#N)c1ccccc1-c1ccccc12. The van der Waals surface area contributed by atoms with Gasteiger partial charge in [0.1, 0.15) is 0 Å². The Labute approximate surface area is 402 Å². The molecule has 0 aromatic heterocycles. The Balaban J connectivity index is 1.12. The van der Waals surface area contributed by atoms with Crippen molar-refractivity contribution in [3.63, 3.8) is 0 Å². The van der Waals surface area contributed by atoms with Crippen LogP contribution in [0.25, 0.3) is 34.4 Å². The van der Waals surface area contributed by atoms with Gasteiger partial charge in [-0.15, -0.1) is 0 Å². The van der Waals surface area contributed by atoms with Crippen LogP contribution in [0.1, 0.15) is 67.1 Å². The molecule has 0 saturated heterocycles. The molecule has 1 atom stereocenters. The zero-order valence-corrected chi connectivity index (χ0v) is 37.7. The lowest BCUT2D eigenvalue weighted by molar-refractivity contribution is 0.640. The fourth-order valence-corrected chi connectivity index (χ4v) is 13.5. The molecule has 0 fully saturated rings. The molecule has 0 bridgehead atoms. The summed E-state index contributed by atoms with van der Waals surface area (Å²) in [5.41, 5.74) is 20.1. The maximum Gasteiger partial charge on any atom is 0.0991 e. The second-order valence-electron chi connectivity index (χ2n) is 19.2. The van der Waals surface area contributed by atoms with Crippen molar-refractivity contribution in [3.05, 3.63) is 318 Å². The van der Waals surface area contributed by atoms with Crippen LogP contribution in [0.2, 0.25) is 0 Å². The third kappa shape index (κ3) is 5.13. The van der Waals surface area contributed by atoms with Crippen molar-refractivity contribution < 1.29 is 0 Å². The standard InChI is InChI=1S/C67H42N2/c68-41-43-29-30-45-38-63-64(54(45)35-43)66(49-21-9-3-10-22-49,50-23-11-4-12-24-50)62-39-46-37-55-51-33-34-65(47-17-5-1-6-18-47,48-19-7-2-8-20-48)40-57(51)58(42-69)56(55)36-44(46)31-32-61(62)67(63)59-27-15-13-25-52(59)53-26-14-16-28-60(53)67/h1-37,39-40,58H,38H2. The Morgan fingerprint density at radius 2 is 1.10 bits per heavy atom. The lowest BCUT2D eigenvalue weighted by atomic mass is 9.49. The minimum atomic E-state index is -0.793. The Hall–Kier alpha value is -8.82. The molecule has 0 N–H and O–H groups in total. The molecule has 0 aliphatic heterocycles. The highest BCUT2D eigenvalue weighted by molar-refractivity contribution is 6.03. The fourth-order valence-electron chi connectivity index (χ4n) is 13.5. The molecular formula is C67H42N2. The summed E-state index contributed by atoms with van der Waals surface area (Å²) in [5.74, 6) is -0.444. The van der Waals surface area contributed by atoms with Crippen molar-refractivity contribution in [1.82, 2.24) is 0 Å². The maximum absolute atomic E-state index is 11.3. The van der Waals surface area contributed by atoms with Gasteiger partial charge in [-0.1, -0.05) is 206 Å². The van der Waals surface area contributed by atoms with E-state index in [1.54, 1.807) is 0 Å². The molecule has 8 aromatic carbocycles. The molecule has 0 heterocycles. The van der Waals surface area contributed by atoms with Gasteiger partial charge in [-0.25, -0.2) is 0 Å².